The molecule has 0 saturated carbocycles. The van der Waals surface area contributed by atoms with Crippen molar-refractivity contribution >= 4 is 23.1 Å². The Labute approximate surface area is 147 Å². The van der Waals surface area contributed by atoms with Crippen molar-refractivity contribution in [2.45, 2.75) is 6.92 Å². The van der Waals surface area contributed by atoms with Gasteiger partial charge in [0.25, 0.3) is 5.91 Å². The Bertz CT molecular complexity index is 782. The summed E-state index contributed by atoms with van der Waals surface area (Å²) in [4.78, 5) is 32.7. The molecule has 0 radical (unpaired) electrons. The first-order valence-corrected chi connectivity index (χ1v) is 8.35. The number of hydrogen-bond donors (Lipinski definition) is 1. The van der Waals surface area contributed by atoms with Crippen molar-refractivity contribution in [3.05, 3.63) is 53.9 Å². The van der Waals surface area contributed by atoms with Gasteiger partial charge in [0.05, 0.1) is 0 Å². The third-order valence-corrected chi connectivity index (χ3v) is 4.37. The van der Waals surface area contributed by atoms with Gasteiger partial charge >= 0.3 is 0 Å². The maximum Gasteiger partial charge on any atom is 0.274 e. The third-order valence-electron chi connectivity index (χ3n) is 4.37. The number of amides is 1. The van der Waals surface area contributed by atoms with E-state index in [2.05, 4.69) is 27.1 Å². The first kappa shape index (κ1) is 17.1. The van der Waals surface area contributed by atoms with Crippen LogP contribution in [0.2, 0.25) is 0 Å². The highest BCUT2D eigenvalue weighted by Gasteiger charge is 2.16. The quantitative estimate of drug-likeness (QED) is 0.867. The molecule has 0 spiro atoms. The molecule has 0 unspecified atom stereocenters. The average molecular weight is 338 g/mol. The molecule has 25 heavy (non-hydrogen) atoms. The molecule has 0 aliphatic carbocycles. The Morgan fingerprint density at radius 1 is 1.08 bits per heavy atom. The van der Waals surface area contributed by atoms with E-state index in [1.807, 2.05) is 12.1 Å². The number of carbonyl (C=O) groups excluding carboxylic acids is 2. The average Bonchev–Trinajstić information content (AvgIpc) is 2.62. The summed E-state index contributed by atoms with van der Waals surface area (Å²) in [5, 5.41) is 2.81. The fourth-order valence-electron chi connectivity index (χ4n) is 2.82. The zero-order valence-electron chi connectivity index (χ0n) is 14.5. The molecule has 1 saturated heterocycles. The summed E-state index contributed by atoms with van der Waals surface area (Å²) in [6, 6.07) is 10.7. The lowest BCUT2D eigenvalue weighted by molar-refractivity contribution is 0.100. The number of nitrogens with one attached hydrogen (secondary N) is 1. The van der Waals surface area contributed by atoms with Crippen LogP contribution in [0, 0.1) is 0 Å². The van der Waals surface area contributed by atoms with E-state index < -0.39 is 0 Å². The summed E-state index contributed by atoms with van der Waals surface area (Å²) in [6.45, 7) is 5.37. The topological polar surface area (TPSA) is 65.5 Å². The number of rotatable bonds is 4. The van der Waals surface area contributed by atoms with Gasteiger partial charge in [-0.3, -0.25) is 14.6 Å². The van der Waals surface area contributed by atoms with Crippen molar-refractivity contribution in [3.8, 4) is 0 Å². The van der Waals surface area contributed by atoms with E-state index in [0.29, 0.717) is 16.9 Å². The number of benzene rings is 1. The second-order valence-electron chi connectivity index (χ2n) is 6.28. The van der Waals surface area contributed by atoms with E-state index in [-0.39, 0.29) is 11.7 Å². The molecule has 1 aromatic carbocycles. The first-order valence-electron chi connectivity index (χ1n) is 8.35. The maximum absolute atomic E-state index is 12.5. The molecule has 130 valence electrons. The van der Waals surface area contributed by atoms with Crippen LogP contribution in [0.4, 0.5) is 11.4 Å². The van der Waals surface area contributed by atoms with Gasteiger partial charge in [-0.25, -0.2) is 0 Å². The predicted molar refractivity (Wildman–Crippen MR) is 98.3 cm³/mol. The number of likely N-dealkylation sites (N-methyl/N-ethyl adjacent to an activating group) is 1. The minimum Gasteiger partial charge on any atom is -0.369 e. The lowest BCUT2D eigenvalue weighted by Gasteiger charge is -2.34. The summed E-state index contributed by atoms with van der Waals surface area (Å²) in [5.41, 5.74) is 2.52. The second-order valence-corrected chi connectivity index (χ2v) is 6.28. The normalized spacial score (nSPS) is 15.0. The lowest BCUT2D eigenvalue weighted by atomic mass is 10.1. The van der Waals surface area contributed by atoms with Crippen LogP contribution < -0.4 is 10.2 Å². The van der Waals surface area contributed by atoms with Crippen LogP contribution in [0.5, 0.6) is 0 Å². The summed E-state index contributed by atoms with van der Waals surface area (Å²) >= 11 is 0. The molecule has 0 atom stereocenters. The fraction of sp³-hybridized carbons (Fsp3) is 0.316. The van der Waals surface area contributed by atoms with Gasteiger partial charge in [0.2, 0.25) is 0 Å². The number of Topliss-reactive ketones (excluding diaryl/α,β-unsaturated/α-hetero) is 1. The highest BCUT2D eigenvalue weighted by atomic mass is 16.2. The largest absolute Gasteiger partial charge is 0.369 e. The molecule has 1 fully saturated rings. The molecule has 1 amide bonds. The van der Waals surface area contributed by atoms with E-state index in [1.165, 1.54) is 6.92 Å². The molecule has 6 nitrogen and oxygen atoms in total. The number of anilines is 2. The minimum absolute atomic E-state index is 0.0358. The molecule has 1 aliphatic rings. The second kappa shape index (κ2) is 7.44. The SMILES string of the molecule is CC(=O)c1cccc(NC(=O)c2cc(N3CCN(C)CC3)ccn2)c1. The first-order chi connectivity index (χ1) is 12.0. The number of hydrogen-bond acceptors (Lipinski definition) is 5. The van der Waals surface area contributed by atoms with Gasteiger partial charge in [0.1, 0.15) is 5.69 Å². The van der Waals surface area contributed by atoms with Crippen molar-refractivity contribution in [2.24, 2.45) is 0 Å². The number of piperazine rings is 1. The molecule has 6 heteroatoms. The van der Waals surface area contributed by atoms with Crippen molar-refractivity contribution in [1.82, 2.24) is 9.88 Å². The van der Waals surface area contributed by atoms with Crippen molar-refractivity contribution in [3.63, 3.8) is 0 Å². The van der Waals surface area contributed by atoms with Crippen LogP contribution >= 0.6 is 0 Å². The van der Waals surface area contributed by atoms with Gasteiger partial charge in [-0.15, -0.1) is 0 Å². The summed E-state index contributed by atoms with van der Waals surface area (Å²) in [7, 11) is 2.11. The third kappa shape index (κ3) is 4.22. The summed E-state index contributed by atoms with van der Waals surface area (Å²) in [6.07, 6.45) is 1.66. The Balaban J connectivity index is 1.73. The Hall–Kier alpha value is -2.73. The van der Waals surface area contributed by atoms with Crippen molar-refractivity contribution < 1.29 is 9.59 Å². The molecule has 1 N–H and O–H groups in total. The van der Waals surface area contributed by atoms with Crippen LogP contribution in [0.1, 0.15) is 27.8 Å². The van der Waals surface area contributed by atoms with Crippen LogP contribution in [0.15, 0.2) is 42.6 Å². The van der Waals surface area contributed by atoms with Crippen molar-refractivity contribution in [2.75, 3.05) is 43.4 Å². The smallest absolute Gasteiger partial charge is 0.274 e. The maximum atomic E-state index is 12.5. The molecule has 2 heterocycles. The zero-order valence-corrected chi connectivity index (χ0v) is 14.5. The van der Waals surface area contributed by atoms with Gasteiger partial charge in [-0.05, 0) is 38.2 Å². The number of carbonyl (C=O) groups is 2. The number of nitrogens with zero attached hydrogens (tertiary/aromatic N) is 3. The molecule has 1 aromatic heterocycles. The molecule has 1 aliphatic heterocycles. The molecule has 0 bridgehead atoms. The van der Waals surface area contributed by atoms with E-state index in [4.69, 9.17) is 0 Å². The highest BCUT2D eigenvalue weighted by Crippen LogP contribution is 2.18. The van der Waals surface area contributed by atoms with Gasteiger partial charge in [-0.1, -0.05) is 12.1 Å². The Morgan fingerprint density at radius 3 is 2.56 bits per heavy atom. The number of aromatic nitrogens is 1. The minimum atomic E-state index is -0.281. The molecule has 2 aromatic rings. The van der Waals surface area contributed by atoms with E-state index in [0.717, 1.165) is 31.9 Å². The zero-order chi connectivity index (χ0) is 17.8. The van der Waals surface area contributed by atoms with Crippen LogP contribution in [0.25, 0.3) is 0 Å². The molecular formula is C19H22N4O2. The lowest BCUT2D eigenvalue weighted by Crippen LogP contribution is -2.44. The van der Waals surface area contributed by atoms with Gasteiger partial charge in [0, 0.05) is 49.3 Å². The Morgan fingerprint density at radius 2 is 1.84 bits per heavy atom. The van der Waals surface area contributed by atoms with Gasteiger partial charge in [-0.2, -0.15) is 0 Å². The number of ketones is 1. The van der Waals surface area contributed by atoms with E-state index >= 15 is 0 Å². The molecular weight excluding hydrogens is 316 g/mol. The van der Waals surface area contributed by atoms with E-state index in [9.17, 15) is 9.59 Å². The Kier molecular flexibility index (Phi) is 5.09. The highest BCUT2D eigenvalue weighted by molar-refractivity contribution is 6.04. The van der Waals surface area contributed by atoms with Crippen LogP contribution in [-0.2, 0) is 0 Å². The van der Waals surface area contributed by atoms with Gasteiger partial charge in [0.15, 0.2) is 5.78 Å². The van der Waals surface area contributed by atoms with Crippen LogP contribution in [-0.4, -0.2) is 54.8 Å². The standard InChI is InChI=1S/C19H22N4O2/c1-14(24)15-4-3-5-16(12-15)21-19(25)18-13-17(6-7-20-18)23-10-8-22(2)9-11-23/h3-7,12-13H,8-11H2,1-2H3,(H,21,25). The van der Waals surface area contributed by atoms with E-state index in [1.54, 1.807) is 30.5 Å². The van der Waals surface area contributed by atoms with Gasteiger partial charge < -0.3 is 15.1 Å². The van der Waals surface area contributed by atoms with Crippen molar-refractivity contribution in [1.29, 1.82) is 0 Å². The fourth-order valence-corrected chi connectivity index (χ4v) is 2.82. The molecule has 3 rings (SSSR count). The van der Waals surface area contributed by atoms with Crippen LogP contribution in [0.3, 0.4) is 0 Å². The number of pyridine rings is 1. The summed E-state index contributed by atoms with van der Waals surface area (Å²) < 4.78 is 0. The predicted octanol–water partition coefficient (Wildman–Crippen LogP) is 2.29. The summed E-state index contributed by atoms with van der Waals surface area (Å²) in [5.74, 6) is -0.317. The monoisotopic (exact) mass is 338 g/mol.